The van der Waals surface area contributed by atoms with Gasteiger partial charge in [0.15, 0.2) is 0 Å². The Bertz CT molecular complexity index is 648. The predicted molar refractivity (Wildman–Crippen MR) is 84.4 cm³/mol. The molecular weight excluding hydrogens is 260 g/mol. The summed E-state index contributed by atoms with van der Waals surface area (Å²) in [5.41, 5.74) is 2.42. The van der Waals surface area contributed by atoms with Crippen LogP contribution in [0.4, 0.5) is 0 Å². The molecule has 1 aliphatic carbocycles. The number of aromatic nitrogens is 3. The molecule has 4 rings (SSSR count). The van der Waals surface area contributed by atoms with Crippen molar-refractivity contribution in [1.29, 1.82) is 0 Å². The van der Waals surface area contributed by atoms with Gasteiger partial charge < -0.3 is 9.88 Å². The van der Waals surface area contributed by atoms with Crippen LogP contribution >= 0.6 is 0 Å². The SMILES string of the molecule is CC(C)(c1nc2cnccc2n1C1CC1)C1CCCNC1. The first-order valence-electron chi connectivity index (χ1n) is 8.21. The van der Waals surface area contributed by atoms with Crippen molar-refractivity contribution in [3.8, 4) is 0 Å². The van der Waals surface area contributed by atoms with Crippen LogP contribution < -0.4 is 5.32 Å². The number of hydrogen-bond donors (Lipinski definition) is 1. The van der Waals surface area contributed by atoms with Crippen molar-refractivity contribution in [2.75, 3.05) is 13.1 Å². The highest BCUT2D eigenvalue weighted by Gasteiger charge is 2.39. The van der Waals surface area contributed by atoms with Crippen LogP contribution in [0.3, 0.4) is 0 Å². The van der Waals surface area contributed by atoms with E-state index in [2.05, 4.69) is 34.8 Å². The molecule has 1 aliphatic heterocycles. The summed E-state index contributed by atoms with van der Waals surface area (Å²) < 4.78 is 2.51. The van der Waals surface area contributed by atoms with Crippen LogP contribution in [-0.2, 0) is 5.41 Å². The van der Waals surface area contributed by atoms with Crippen molar-refractivity contribution in [3.05, 3.63) is 24.3 Å². The Kier molecular flexibility index (Phi) is 3.03. The summed E-state index contributed by atoms with van der Waals surface area (Å²) in [7, 11) is 0. The molecule has 4 nitrogen and oxygen atoms in total. The third-order valence-electron chi connectivity index (χ3n) is 5.30. The molecule has 1 atom stereocenters. The highest BCUT2D eigenvalue weighted by Crippen LogP contribution is 2.44. The van der Waals surface area contributed by atoms with Gasteiger partial charge in [-0.3, -0.25) is 4.98 Å². The van der Waals surface area contributed by atoms with Gasteiger partial charge in [0, 0.05) is 17.7 Å². The maximum absolute atomic E-state index is 4.99. The average Bonchev–Trinajstić information content (AvgIpc) is 3.27. The summed E-state index contributed by atoms with van der Waals surface area (Å²) in [5.74, 6) is 1.93. The topological polar surface area (TPSA) is 42.7 Å². The van der Waals surface area contributed by atoms with Gasteiger partial charge in [-0.1, -0.05) is 13.8 Å². The molecule has 2 aromatic rings. The zero-order valence-electron chi connectivity index (χ0n) is 13.0. The minimum atomic E-state index is 0.106. The second-order valence-corrected chi connectivity index (χ2v) is 7.17. The molecule has 0 spiro atoms. The van der Waals surface area contributed by atoms with Crippen LogP contribution in [-0.4, -0.2) is 27.6 Å². The average molecular weight is 284 g/mol. The number of rotatable bonds is 3. The Morgan fingerprint density at radius 1 is 1.29 bits per heavy atom. The monoisotopic (exact) mass is 284 g/mol. The predicted octanol–water partition coefficient (Wildman–Crippen LogP) is 3.04. The van der Waals surface area contributed by atoms with Gasteiger partial charge in [-0.25, -0.2) is 4.98 Å². The molecule has 2 aliphatic rings. The molecule has 1 N–H and O–H groups in total. The van der Waals surface area contributed by atoms with Crippen molar-refractivity contribution in [1.82, 2.24) is 19.9 Å². The van der Waals surface area contributed by atoms with E-state index in [1.165, 1.54) is 37.0 Å². The number of pyridine rings is 1. The number of imidazole rings is 1. The van der Waals surface area contributed by atoms with Gasteiger partial charge >= 0.3 is 0 Å². The molecule has 0 aromatic carbocycles. The van der Waals surface area contributed by atoms with Gasteiger partial charge in [0.1, 0.15) is 11.3 Å². The van der Waals surface area contributed by atoms with E-state index in [9.17, 15) is 0 Å². The van der Waals surface area contributed by atoms with Crippen molar-refractivity contribution < 1.29 is 0 Å². The lowest BCUT2D eigenvalue weighted by molar-refractivity contribution is 0.236. The zero-order valence-corrected chi connectivity index (χ0v) is 13.0. The van der Waals surface area contributed by atoms with E-state index in [-0.39, 0.29) is 5.41 Å². The lowest BCUT2D eigenvalue weighted by Gasteiger charge is -2.37. The van der Waals surface area contributed by atoms with E-state index < -0.39 is 0 Å². The molecule has 112 valence electrons. The first-order chi connectivity index (χ1) is 10.2. The lowest BCUT2D eigenvalue weighted by Crippen LogP contribution is -2.42. The van der Waals surface area contributed by atoms with Crippen LogP contribution in [0.1, 0.15) is 51.4 Å². The van der Waals surface area contributed by atoms with Crippen molar-refractivity contribution in [2.24, 2.45) is 5.92 Å². The maximum atomic E-state index is 4.99. The van der Waals surface area contributed by atoms with Gasteiger partial charge in [0.05, 0.1) is 11.7 Å². The number of piperidine rings is 1. The number of hydrogen-bond acceptors (Lipinski definition) is 3. The molecule has 21 heavy (non-hydrogen) atoms. The van der Waals surface area contributed by atoms with Crippen molar-refractivity contribution in [3.63, 3.8) is 0 Å². The fourth-order valence-electron chi connectivity index (χ4n) is 3.76. The summed E-state index contributed by atoms with van der Waals surface area (Å²) in [6, 6.07) is 2.78. The Labute approximate surface area is 126 Å². The molecule has 4 heteroatoms. The van der Waals surface area contributed by atoms with E-state index in [1.807, 2.05) is 12.4 Å². The van der Waals surface area contributed by atoms with Crippen molar-refractivity contribution >= 4 is 11.0 Å². The molecule has 3 heterocycles. The third-order valence-corrected chi connectivity index (χ3v) is 5.30. The Hall–Kier alpha value is -1.42. The molecule has 0 amide bonds. The molecular formula is C17H24N4. The third kappa shape index (κ3) is 2.16. The number of nitrogens with one attached hydrogen (secondary N) is 1. The van der Waals surface area contributed by atoms with Gasteiger partial charge in [-0.15, -0.1) is 0 Å². The molecule has 1 saturated carbocycles. The van der Waals surface area contributed by atoms with E-state index in [1.54, 1.807) is 0 Å². The Morgan fingerprint density at radius 3 is 2.86 bits per heavy atom. The van der Waals surface area contributed by atoms with Crippen LogP contribution in [0.25, 0.3) is 11.0 Å². The van der Waals surface area contributed by atoms with Gasteiger partial charge in [-0.05, 0) is 50.8 Å². The normalized spacial score (nSPS) is 23.6. The summed E-state index contributed by atoms with van der Waals surface area (Å²) in [6.07, 6.45) is 8.96. The van der Waals surface area contributed by atoms with E-state index in [4.69, 9.17) is 4.98 Å². The van der Waals surface area contributed by atoms with Crippen LogP contribution in [0, 0.1) is 5.92 Å². The fraction of sp³-hybridized carbons (Fsp3) is 0.647. The minimum Gasteiger partial charge on any atom is -0.324 e. The van der Waals surface area contributed by atoms with E-state index >= 15 is 0 Å². The molecule has 2 fully saturated rings. The highest BCUT2D eigenvalue weighted by molar-refractivity contribution is 5.75. The molecule has 0 bridgehead atoms. The minimum absolute atomic E-state index is 0.106. The molecule has 0 radical (unpaired) electrons. The fourth-order valence-corrected chi connectivity index (χ4v) is 3.76. The Balaban J connectivity index is 1.82. The first-order valence-corrected chi connectivity index (χ1v) is 8.21. The number of fused-ring (bicyclic) bond motifs is 1. The van der Waals surface area contributed by atoms with E-state index in [0.717, 1.165) is 18.6 Å². The Morgan fingerprint density at radius 2 is 2.14 bits per heavy atom. The second-order valence-electron chi connectivity index (χ2n) is 7.17. The summed E-state index contributed by atoms with van der Waals surface area (Å²) in [5, 5.41) is 3.56. The molecule has 2 aromatic heterocycles. The van der Waals surface area contributed by atoms with Gasteiger partial charge in [0.25, 0.3) is 0 Å². The highest BCUT2D eigenvalue weighted by atomic mass is 15.1. The quantitative estimate of drug-likeness (QED) is 0.942. The van der Waals surface area contributed by atoms with Crippen LogP contribution in [0.2, 0.25) is 0 Å². The molecule has 1 unspecified atom stereocenters. The first kappa shape index (κ1) is 13.3. The summed E-state index contributed by atoms with van der Waals surface area (Å²) in [6.45, 7) is 7.02. The smallest absolute Gasteiger partial charge is 0.116 e. The largest absolute Gasteiger partial charge is 0.324 e. The number of nitrogens with zero attached hydrogens (tertiary/aromatic N) is 3. The maximum Gasteiger partial charge on any atom is 0.116 e. The van der Waals surface area contributed by atoms with Crippen molar-refractivity contribution in [2.45, 2.75) is 51.0 Å². The summed E-state index contributed by atoms with van der Waals surface area (Å²) >= 11 is 0. The lowest BCUT2D eigenvalue weighted by atomic mass is 9.74. The summed E-state index contributed by atoms with van der Waals surface area (Å²) in [4.78, 5) is 9.25. The van der Waals surface area contributed by atoms with Gasteiger partial charge in [-0.2, -0.15) is 0 Å². The van der Waals surface area contributed by atoms with Crippen LogP contribution in [0.5, 0.6) is 0 Å². The van der Waals surface area contributed by atoms with E-state index in [0.29, 0.717) is 12.0 Å². The second kappa shape index (κ2) is 4.80. The van der Waals surface area contributed by atoms with Crippen LogP contribution in [0.15, 0.2) is 18.5 Å². The molecule has 1 saturated heterocycles. The zero-order chi connectivity index (χ0) is 14.4. The standard InChI is InChI=1S/C17H24N4/c1-17(2,12-4-3-8-18-10-12)16-20-14-11-19-9-7-15(14)21(16)13-5-6-13/h7,9,11-13,18H,3-6,8,10H2,1-2H3. The van der Waals surface area contributed by atoms with Gasteiger partial charge in [0.2, 0.25) is 0 Å².